The fourth-order valence-electron chi connectivity index (χ4n) is 2.43. The summed E-state index contributed by atoms with van der Waals surface area (Å²) in [5, 5.41) is 7.60. The van der Waals surface area contributed by atoms with Crippen LogP contribution in [0.5, 0.6) is 0 Å². The van der Waals surface area contributed by atoms with E-state index in [1.54, 1.807) is 10.9 Å². The van der Waals surface area contributed by atoms with Crippen LogP contribution in [0.25, 0.3) is 0 Å². The smallest absolute Gasteiger partial charge is 0.180 e. The van der Waals surface area contributed by atoms with Gasteiger partial charge in [-0.15, -0.1) is 0 Å². The van der Waals surface area contributed by atoms with E-state index in [1.165, 1.54) is 19.3 Å². The van der Waals surface area contributed by atoms with E-state index >= 15 is 0 Å². The zero-order chi connectivity index (χ0) is 12.1. The van der Waals surface area contributed by atoms with Gasteiger partial charge in [0.25, 0.3) is 0 Å². The van der Waals surface area contributed by atoms with Crippen LogP contribution in [0.4, 0.5) is 0 Å². The lowest BCUT2D eigenvalue weighted by Gasteiger charge is -2.22. The van der Waals surface area contributed by atoms with Crippen LogP contribution in [0.15, 0.2) is 12.3 Å². The molecule has 2 rings (SSSR count). The third-order valence-electron chi connectivity index (χ3n) is 3.43. The van der Waals surface area contributed by atoms with E-state index in [-0.39, 0.29) is 5.78 Å². The molecule has 1 aliphatic rings. The molecule has 1 saturated heterocycles. The van der Waals surface area contributed by atoms with Crippen molar-refractivity contribution in [2.24, 2.45) is 0 Å². The number of carbonyl (C=O) groups is 1. The quantitative estimate of drug-likeness (QED) is 0.794. The van der Waals surface area contributed by atoms with E-state index in [9.17, 15) is 4.79 Å². The second-order valence-corrected chi connectivity index (χ2v) is 4.64. The maximum Gasteiger partial charge on any atom is 0.180 e. The maximum atomic E-state index is 12.0. The minimum atomic E-state index is 0.219. The van der Waals surface area contributed by atoms with Gasteiger partial charge in [-0.1, -0.05) is 6.42 Å². The number of hydrogen-bond donors (Lipinski definition) is 1. The molecule has 2 heterocycles. The number of Topliss-reactive ketones (excluding diaryl/α,β-unsaturated/α-hetero) is 1. The lowest BCUT2D eigenvalue weighted by Crippen LogP contribution is -2.34. The van der Waals surface area contributed by atoms with Gasteiger partial charge in [-0.25, -0.2) is 0 Å². The largest absolute Gasteiger partial charge is 0.314 e. The van der Waals surface area contributed by atoms with Crippen molar-refractivity contribution in [3.63, 3.8) is 0 Å². The third-order valence-corrected chi connectivity index (χ3v) is 3.43. The Balaban J connectivity index is 1.84. The van der Waals surface area contributed by atoms with Crippen molar-refractivity contribution in [2.45, 2.75) is 51.6 Å². The molecule has 1 atom stereocenters. The zero-order valence-corrected chi connectivity index (χ0v) is 10.5. The van der Waals surface area contributed by atoms with Gasteiger partial charge in [-0.2, -0.15) is 5.10 Å². The highest BCUT2D eigenvalue weighted by Gasteiger charge is 2.16. The van der Waals surface area contributed by atoms with E-state index in [1.807, 2.05) is 13.0 Å². The monoisotopic (exact) mass is 235 g/mol. The molecule has 1 fully saturated rings. The van der Waals surface area contributed by atoms with E-state index < -0.39 is 0 Å². The molecule has 17 heavy (non-hydrogen) atoms. The lowest BCUT2D eigenvalue weighted by atomic mass is 9.99. The Labute approximate surface area is 102 Å². The Bertz CT molecular complexity index is 366. The van der Waals surface area contributed by atoms with Gasteiger partial charge in [-0.05, 0) is 38.8 Å². The summed E-state index contributed by atoms with van der Waals surface area (Å²) in [6.07, 6.45) is 7.05. The Kier molecular flexibility index (Phi) is 4.31. The summed E-state index contributed by atoms with van der Waals surface area (Å²) in [6, 6.07) is 2.35. The molecule has 0 radical (unpaired) electrons. The van der Waals surface area contributed by atoms with Crippen molar-refractivity contribution in [2.75, 3.05) is 6.54 Å². The van der Waals surface area contributed by atoms with Crippen LogP contribution < -0.4 is 5.32 Å². The number of piperidine rings is 1. The van der Waals surface area contributed by atoms with Crippen molar-refractivity contribution in [3.8, 4) is 0 Å². The first-order chi connectivity index (χ1) is 8.31. The molecule has 0 bridgehead atoms. The number of aromatic nitrogens is 2. The number of carbonyl (C=O) groups excluding carboxylic acids is 1. The summed E-state index contributed by atoms with van der Waals surface area (Å²) in [7, 11) is 0. The molecular formula is C13H21N3O. The van der Waals surface area contributed by atoms with Crippen molar-refractivity contribution < 1.29 is 4.79 Å². The molecule has 0 spiro atoms. The number of ketones is 1. The first kappa shape index (κ1) is 12.3. The molecule has 0 aliphatic carbocycles. The van der Waals surface area contributed by atoms with Gasteiger partial charge in [0.2, 0.25) is 0 Å². The van der Waals surface area contributed by atoms with E-state index in [0.717, 1.165) is 25.2 Å². The molecule has 0 amide bonds. The van der Waals surface area contributed by atoms with Crippen molar-refractivity contribution >= 4 is 5.78 Å². The minimum Gasteiger partial charge on any atom is -0.314 e. The highest BCUT2D eigenvalue weighted by molar-refractivity contribution is 5.94. The molecule has 1 N–H and O–H groups in total. The fraction of sp³-hybridized carbons (Fsp3) is 0.692. The van der Waals surface area contributed by atoms with Crippen LogP contribution in [0.3, 0.4) is 0 Å². The summed E-state index contributed by atoms with van der Waals surface area (Å²) >= 11 is 0. The number of nitrogens with zero attached hydrogens (tertiary/aromatic N) is 2. The molecule has 0 saturated carbocycles. The topological polar surface area (TPSA) is 46.9 Å². The molecular weight excluding hydrogens is 214 g/mol. The molecule has 4 nitrogen and oxygen atoms in total. The predicted octanol–water partition coefficient (Wildman–Crippen LogP) is 2.01. The number of rotatable bonds is 5. The second kappa shape index (κ2) is 5.96. The average Bonchev–Trinajstić information content (AvgIpc) is 2.85. The lowest BCUT2D eigenvalue weighted by molar-refractivity contribution is 0.0964. The van der Waals surface area contributed by atoms with Crippen LogP contribution >= 0.6 is 0 Å². The Morgan fingerprint density at radius 1 is 1.59 bits per heavy atom. The van der Waals surface area contributed by atoms with Crippen molar-refractivity contribution in [3.05, 3.63) is 18.0 Å². The van der Waals surface area contributed by atoms with Crippen LogP contribution in [-0.2, 0) is 6.54 Å². The van der Waals surface area contributed by atoms with Gasteiger partial charge in [0.1, 0.15) is 5.69 Å². The normalized spacial score (nSPS) is 20.4. The van der Waals surface area contributed by atoms with Crippen molar-refractivity contribution in [1.29, 1.82) is 0 Å². The number of aryl methyl sites for hydroxylation is 1. The summed E-state index contributed by atoms with van der Waals surface area (Å²) in [6.45, 7) is 3.87. The standard InChI is InChI=1S/C13H21N3O/c1-2-16-12(8-10-15-16)13(17)7-6-11-5-3-4-9-14-11/h8,10-11,14H,2-7,9H2,1H3. The van der Waals surface area contributed by atoms with Crippen LogP contribution in [0.2, 0.25) is 0 Å². The SMILES string of the molecule is CCn1nccc1C(=O)CCC1CCCCN1. The minimum absolute atomic E-state index is 0.219. The van der Waals surface area contributed by atoms with E-state index in [0.29, 0.717) is 12.5 Å². The van der Waals surface area contributed by atoms with Crippen LogP contribution in [-0.4, -0.2) is 28.2 Å². The number of nitrogens with one attached hydrogen (secondary N) is 1. The fourth-order valence-corrected chi connectivity index (χ4v) is 2.43. The van der Waals surface area contributed by atoms with E-state index in [2.05, 4.69) is 10.4 Å². The predicted molar refractivity (Wildman–Crippen MR) is 67.1 cm³/mol. The molecule has 1 aromatic heterocycles. The highest BCUT2D eigenvalue weighted by atomic mass is 16.1. The van der Waals surface area contributed by atoms with Gasteiger partial charge in [0.15, 0.2) is 5.78 Å². The second-order valence-electron chi connectivity index (χ2n) is 4.64. The molecule has 4 heteroatoms. The first-order valence-electron chi connectivity index (χ1n) is 6.59. The number of hydrogen-bond acceptors (Lipinski definition) is 3. The summed E-state index contributed by atoms with van der Waals surface area (Å²) < 4.78 is 1.77. The Morgan fingerprint density at radius 2 is 2.47 bits per heavy atom. The summed E-state index contributed by atoms with van der Waals surface area (Å²) in [5.41, 5.74) is 0.753. The van der Waals surface area contributed by atoms with Gasteiger partial charge in [0, 0.05) is 25.2 Å². The van der Waals surface area contributed by atoms with Crippen LogP contribution in [0.1, 0.15) is 49.5 Å². The maximum absolute atomic E-state index is 12.0. The average molecular weight is 235 g/mol. The van der Waals surface area contributed by atoms with Crippen molar-refractivity contribution in [1.82, 2.24) is 15.1 Å². The summed E-state index contributed by atoms with van der Waals surface area (Å²) in [5.74, 6) is 0.219. The molecule has 1 unspecified atom stereocenters. The summed E-state index contributed by atoms with van der Waals surface area (Å²) in [4.78, 5) is 12.0. The van der Waals surface area contributed by atoms with Gasteiger partial charge >= 0.3 is 0 Å². The molecule has 1 aliphatic heterocycles. The van der Waals surface area contributed by atoms with Gasteiger partial charge in [-0.3, -0.25) is 9.48 Å². The van der Waals surface area contributed by atoms with E-state index in [4.69, 9.17) is 0 Å². The molecule has 0 aromatic carbocycles. The molecule has 1 aromatic rings. The van der Waals surface area contributed by atoms with Crippen LogP contribution in [0, 0.1) is 0 Å². The highest BCUT2D eigenvalue weighted by Crippen LogP contribution is 2.14. The molecule has 94 valence electrons. The van der Waals surface area contributed by atoms with Gasteiger partial charge < -0.3 is 5.32 Å². The first-order valence-corrected chi connectivity index (χ1v) is 6.59. The zero-order valence-electron chi connectivity index (χ0n) is 10.5. The van der Waals surface area contributed by atoms with Gasteiger partial charge in [0.05, 0.1) is 0 Å². The Morgan fingerprint density at radius 3 is 3.18 bits per heavy atom. The third kappa shape index (κ3) is 3.16. The Hall–Kier alpha value is -1.16.